The van der Waals surface area contributed by atoms with Crippen LogP contribution in [0.15, 0.2) is 30.3 Å². The topological polar surface area (TPSA) is 52.2 Å². The molecule has 0 bridgehead atoms. The van der Waals surface area contributed by atoms with Crippen molar-refractivity contribution in [2.45, 2.75) is 32.1 Å². The maximum atomic E-state index is 13.0. The van der Waals surface area contributed by atoms with Crippen LogP contribution in [0.2, 0.25) is 0 Å². The fourth-order valence-electron chi connectivity index (χ4n) is 3.94. The number of nitrogens with one attached hydrogen (secondary N) is 1. The van der Waals surface area contributed by atoms with Crippen LogP contribution >= 0.6 is 0 Å². The number of anilines is 1. The molecule has 0 spiro atoms. The van der Waals surface area contributed by atoms with Crippen molar-refractivity contribution in [3.63, 3.8) is 0 Å². The van der Waals surface area contributed by atoms with E-state index >= 15 is 0 Å². The lowest BCUT2D eigenvalue weighted by Gasteiger charge is -2.38. The smallest absolute Gasteiger partial charge is 0.231 e. The maximum Gasteiger partial charge on any atom is 0.231 e. The lowest BCUT2D eigenvalue weighted by molar-refractivity contribution is -0.133. The van der Waals surface area contributed by atoms with Crippen molar-refractivity contribution in [3.05, 3.63) is 47.5 Å². The lowest BCUT2D eigenvalue weighted by Crippen LogP contribution is -2.50. The van der Waals surface area contributed by atoms with Crippen LogP contribution in [-0.4, -0.2) is 47.0 Å². The number of carbonyl (C=O) groups excluding carboxylic acids is 1. The van der Waals surface area contributed by atoms with Gasteiger partial charge in [0.05, 0.1) is 11.6 Å². The van der Waals surface area contributed by atoms with Crippen molar-refractivity contribution in [2.24, 2.45) is 0 Å². The largest absolute Gasteiger partial charge is 0.368 e. The Labute approximate surface area is 142 Å². The van der Waals surface area contributed by atoms with Crippen LogP contribution in [0.3, 0.4) is 0 Å². The highest BCUT2D eigenvalue weighted by Gasteiger charge is 2.33. The second-order valence-corrected chi connectivity index (χ2v) is 6.78. The summed E-state index contributed by atoms with van der Waals surface area (Å²) in [4.78, 5) is 25.3. The fraction of sp³-hybridized carbons (Fsp3) is 0.474. The second kappa shape index (κ2) is 6.30. The number of rotatable bonds is 2. The number of hydrogen-bond acceptors (Lipinski definition) is 3. The summed E-state index contributed by atoms with van der Waals surface area (Å²) >= 11 is 0. The van der Waals surface area contributed by atoms with Crippen LogP contribution in [0.5, 0.6) is 0 Å². The Morgan fingerprint density at radius 1 is 1.17 bits per heavy atom. The van der Waals surface area contributed by atoms with Crippen LogP contribution < -0.4 is 4.90 Å². The molecule has 5 heteroatoms. The van der Waals surface area contributed by atoms with Crippen molar-refractivity contribution in [3.8, 4) is 0 Å². The van der Waals surface area contributed by atoms with Gasteiger partial charge in [0.1, 0.15) is 5.82 Å². The number of hydrogen-bond donors (Lipinski definition) is 1. The molecule has 1 aliphatic carbocycles. The first kappa shape index (κ1) is 15.2. The van der Waals surface area contributed by atoms with Gasteiger partial charge in [0.15, 0.2) is 0 Å². The van der Waals surface area contributed by atoms with Crippen molar-refractivity contribution in [1.82, 2.24) is 14.9 Å². The van der Waals surface area contributed by atoms with Crippen molar-refractivity contribution >= 4 is 11.6 Å². The minimum absolute atomic E-state index is 0.0537. The highest BCUT2D eigenvalue weighted by molar-refractivity contribution is 5.84. The molecule has 0 radical (unpaired) electrons. The Kier molecular flexibility index (Phi) is 4.00. The lowest BCUT2D eigenvalue weighted by atomic mass is 9.88. The Morgan fingerprint density at radius 3 is 2.67 bits per heavy atom. The fourth-order valence-corrected chi connectivity index (χ4v) is 3.94. The van der Waals surface area contributed by atoms with Gasteiger partial charge >= 0.3 is 0 Å². The normalized spacial score (nSPS) is 20.8. The van der Waals surface area contributed by atoms with Gasteiger partial charge in [-0.15, -0.1) is 0 Å². The molecule has 2 aromatic rings. The zero-order chi connectivity index (χ0) is 16.5. The number of H-pyrrole nitrogens is 1. The summed E-state index contributed by atoms with van der Waals surface area (Å²) in [5, 5.41) is 0. The molecule has 1 N–H and O–H groups in total. The maximum absolute atomic E-state index is 13.0. The first-order valence-electron chi connectivity index (χ1n) is 8.86. The standard InChI is InChI=1S/C19H24N4O/c1-14-20-17-9-5-8-16(18(17)21-14)19(24)23-12-10-22(11-13-23)15-6-3-2-4-7-15/h2-4,6-7,16H,5,8-13H2,1H3,(H,20,21). The number of imidazole rings is 1. The molecule has 5 nitrogen and oxygen atoms in total. The van der Waals surface area contributed by atoms with Crippen molar-refractivity contribution < 1.29 is 4.79 Å². The van der Waals surface area contributed by atoms with E-state index in [4.69, 9.17) is 0 Å². The third-order valence-corrected chi connectivity index (χ3v) is 5.19. The molecule has 2 heterocycles. The average molecular weight is 324 g/mol. The summed E-state index contributed by atoms with van der Waals surface area (Å²) in [7, 11) is 0. The van der Waals surface area contributed by atoms with E-state index in [1.165, 1.54) is 11.4 Å². The summed E-state index contributed by atoms with van der Waals surface area (Å²) in [5.74, 6) is 1.13. The third-order valence-electron chi connectivity index (χ3n) is 5.19. The number of aromatic nitrogens is 2. The van der Waals surface area contributed by atoms with Crippen LogP contribution in [0.25, 0.3) is 0 Å². The van der Waals surface area contributed by atoms with Crippen LogP contribution in [-0.2, 0) is 11.2 Å². The minimum Gasteiger partial charge on any atom is -0.368 e. The van der Waals surface area contributed by atoms with Gasteiger partial charge in [-0.3, -0.25) is 4.79 Å². The summed E-state index contributed by atoms with van der Waals surface area (Å²) in [6.07, 6.45) is 3.01. The monoisotopic (exact) mass is 324 g/mol. The number of aromatic amines is 1. The number of benzene rings is 1. The Hall–Kier alpha value is -2.30. The SMILES string of the molecule is Cc1nc2c([nH]1)CCCC2C(=O)N1CCN(c2ccccc2)CC1. The molecule has 126 valence electrons. The molecule has 1 unspecified atom stereocenters. The molecule has 4 rings (SSSR count). The molecule has 1 saturated heterocycles. The number of fused-ring (bicyclic) bond motifs is 1. The molecular formula is C19H24N4O. The zero-order valence-electron chi connectivity index (χ0n) is 14.2. The van der Waals surface area contributed by atoms with Gasteiger partial charge in [0.2, 0.25) is 5.91 Å². The van der Waals surface area contributed by atoms with E-state index in [0.717, 1.165) is 57.0 Å². The first-order valence-corrected chi connectivity index (χ1v) is 8.86. The summed E-state index contributed by atoms with van der Waals surface area (Å²) in [5.41, 5.74) is 3.40. The van der Waals surface area contributed by atoms with Crippen LogP contribution in [0.1, 0.15) is 36.0 Å². The number of aryl methyl sites for hydroxylation is 2. The number of piperazine rings is 1. The summed E-state index contributed by atoms with van der Waals surface area (Å²) < 4.78 is 0. The second-order valence-electron chi connectivity index (χ2n) is 6.78. The van der Waals surface area contributed by atoms with Crippen molar-refractivity contribution in [2.75, 3.05) is 31.1 Å². The van der Waals surface area contributed by atoms with E-state index < -0.39 is 0 Å². The van der Waals surface area contributed by atoms with Gasteiger partial charge in [-0.1, -0.05) is 18.2 Å². The third kappa shape index (κ3) is 2.79. The number of amides is 1. The molecule has 2 aliphatic rings. The first-order chi connectivity index (χ1) is 11.7. The highest BCUT2D eigenvalue weighted by atomic mass is 16.2. The molecule has 1 fully saturated rings. The Morgan fingerprint density at radius 2 is 1.92 bits per heavy atom. The number of carbonyl (C=O) groups is 1. The highest BCUT2D eigenvalue weighted by Crippen LogP contribution is 2.32. The summed E-state index contributed by atoms with van der Waals surface area (Å²) in [6, 6.07) is 10.4. The van der Waals surface area contributed by atoms with E-state index in [1.807, 2.05) is 17.9 Å². The summed E-state index contributed by atoms with van der Waals surface area (Å²) in [6.45, 7) is 5.36. The van der Waals surface area contributed by atoms with E-state index in [-0.39, 0.29) is 11.8 Å². The van der Waals surface area contributed by atoms with Gasteiger partial charge in [-0.25, -0.2) is 4.98 Å². The van der Waals surface area contributed by atoms with Crippen LogP contribution in [0, 0.1) is 6.92 Å². The predicted octanol–water partition coefficient (Wildman–Crippen LogP) is 2.49. The molecular weight excluding hydrogens is 300 g/mol. The molecule has 1 atom stereocenters. The van der Waals surface area contributed by atoms with E-state index in [1.54, 1.807) is 0 Å². The molecule has 1 amide bonds. The molecule has 1 aromatic carbocycles. The van der Waals surface area contributed by atoms with Gasteiger partial charge in [-0.05, 0) is 38.3 Å². The Bertz CT molecular complexity index is 716. The van der Waals surface area contributed by atoms with Gasteiger partial charge < -0.3 is 14.8 Å². The van der Waals surface area contributed by atoms with Crippen LogP contribution in [0.4, 0.5) is 5.69 Å². The zero-order valence-corrected chi connectivity index (χ0v) is 14.2. The number of nitrogens with zero attached hydrogens (tertiary/aromatic N) is 3. The van der Waals surface area contributed by atoms with E-state index in [0.29, 0.717) is 0 Å². The quantitative estimate of drug-likeness (QED) is 0.923. The van der Waals surface area contributed by atoms with Gasteiger partial charge in [-0.2, -0.15) is 0 Å². The molecule has 24 heavy (non-hydrogen) atoms. The minimum atomic E-state index is -0.0537. The molecule has 0 saturated carbocycles. The Balaban J connectivity index is 1.44. The molecule has 1 aromatic heterocycles. The van der Waals surface area contributed by atoms with Gasteiger partial charge in [0.25, 0.3) is 0 Å². The van der Waals surface area contributed by atoms with Crippen molar-refractivity contribution in [1.29, 1.82) is 0 Å². The van der Waals surface area contributed by atoms with E-state index in [9.17, 15) is 4.79 Å². The molecule has 1 aliphatic heterocycles. The van der Waals surface area contributed by atoms with E-state index in [2.05, 4.69) is 39.1 Å². The number of para-hydroxylation sites is 1. The van der Waals surface area contributed by atoms with Gasteiger partial charge in [0, 0.05) is 37.6 Å². The average Bonchev–Trinajstić information content (AvgIpc) is 3.02. The predicted molar refractivity (Wildman–Crippen MR) is 94.2 cm³/mol.